The van der Waals surface area contributed by atoms with Crippen LogP contribution < -0.4 is 5.73 Å². The van der Waals surface area contributed by atoms with Gasteiger partial charge in [-0.3, -0.25) is 4.79 Å². The van der Waals surface area contributed by atoms with Gasteiger partial charge in [-0.2, -0.15) is 0 Å². The zero-order valence-electron chi connectivity index (χ0n) is 9.85. The van der Waals surface area contributed by atoms with Crippen molar-refractivity contribution in [3.8, 4) is 0 Å². The molecule has 0 saturated heterocycles. The van der Waals surface area contributed by atoms with Crippen molar-refractivity contribution in [3.63, 3.8) is 0 Å². The maximum Gasteiger partial charge on any atom is 0.221 e. The van der Waals surface area contributed by atoms with Gasteiger partial charge in [0.1, 0.15) is 0 Å². The summed E-state index contributed by atoms with van der Waals surface area (Å²) in [5.74, 6) is -0.290. The Bertz CT molecular complexity index is 567. The SMILES string of the molecule is Cc1ccc2c(CC(N)=O)c(C)[nH]c2c1C. The number of hydrogen-bond donors (Lipinski definition) is 2. The Kier molecular flexibility index (Phi) is 2.46. The number of aromatic nitrogens is 1. The molecule has 0 spiro atoms. The van der Waals surface area contributed by atoms with Crippen molar-refractivity contribution in [2.75, 3.05) is 0 Å². The standard InChI is InChI=1S/C13H16N2O/c1-7-4-5-10-11(6-12(14)16)9(3)15-13(10)8(7)2/h4-5,15H,6H2,1-3H3,(H2,14,16). The molecule has 16 heavy (non-hydrogen) atoms. The summed E-state index contributed by atoms with van der Waals surface area (Å²) in [4.78, 5) is 14.4. The van der Waals surface area contributed by atoms with Crippen molar-refractivity contribution in [2.45, 2.75) is 27.2 Å². The number of nitrogens with one attached hydrogen (secondary N) is 1. The maximum atomic E-state index is 11.0. The fourth-order valence-corrected chi connectivity index (χ4v) is 2.10. The molecule has 2 aromatic rings. The highest BCUT2D eigenvalue weighted by Crippen LogP contribution is 2.26. The lowest BCUT2D eigenvalue weighted by atomic mass is 10.0. The van der Waals surface area contributed by atoms with Crippen LogP contribution in [0.2, 0.25) is 0 Å². The fraction of sp³-hybridized carbons (Fsp3) is 0.308. The maximum absolute atomic E-state index is 11.0. The van der Waals surface area contributed by atoms with Gasteiger partial charge >= 0.3 is 0 Å². The van der Waals surface area contributed by atoms with E-state index >= 15 is 0 Å². The van der Waals surface area contributed by atoms with Crippen LogP contribution in [-0.4, -0.2) is 10.9 Å². The Morgan fingerprint density at radius 2 is 2.00 bits per heavy atom. The molecule has 1 aromatic carbocycles. The Labute approximate surface area is 94.6 Å². The molecule has 2 rings (SSSR count). The second kappa shape index (κ2) is 3.67. The van der Waals surface area contributed by atoms with Crippen LogP contribution in [0, 0.1) is 20.8 Å². The molecule has 0 unspecified atom stereocenters. The van der Waals surface area contributed by atoms with Crippen LogP contribution in [0.4, 0.5) is 0 Å². The first-order valence-corrected chi connectivity index (χ1v) is 5.36. The molecule has 1 aromatic heterocycles. The summed E-state index contributed by atoms with van der Waals surface area (Å²) in [5.41, 5.74) is 10.9. The zero-order chi connectivity index (χ0) is 11.9. The zero-order valence-corrected chi connectivity index (χ0v) is 9.85. The van der Waals surface area contributed by atoms with Gasteiger partial charge in [0, 0.05) is 16.6 Å². The van der Waals surface area contributed by atoms with E-state index in [1.165, 1.54) is 11.1 Å². The second-order valence-corrected chi connectivity index (χ2v) is 4.30. The van der Waals surface area contributed by atoms with Crippen LogP contribution >= 0.6 is 0 Å². The highest BCUT2D eigenvalue weighted by atomic mass is 16.1. The molecule has 3 heteroatoms. The number of carbonyl (C=O) groups excluding carboxylic acids is 1. The average molecular weight is 216 g/mol. The number of amides is 1. The molecule has 0 saturated carbocycles. The smallest absolute Gasteiger partial charge is 0.221 e. The molecule has 0 aliphatic rings. The number of H-pyrrole nitrogens is 1. The summed E-state index contributed by atoms with van der Waals surface area (Å²) in [6.45, 7) is 6.15. The third-order valence-electron chi connectivity index (χ3n) is 3.18. The third-order valence-corrected chi connectivity index (χ3v) is 3.18. The van der Waals surface area contributed by atoms with E-state index in [9.17, 15) is 4.79 Å². The van der Waals surface area contributed by atoms with Crippen molar-refractivity contribution < 1.29 is 4.79 Å². The minimum Gasteiger partial charge on any atom is -0.369 e. The van der Waals surface area contributed by atoms with Gasteiger partial charge in [-0.25, -0.2) is 0 Å². The first-order valence-electron chi connectivity index (χ1n) is 5.36. The van der Waals surface area contributed by atoms with Gasteiger partial charge in [-0.15, -0.1) is 0 Å². The van der Waals surface area contributed by atoms with Crippen LogP contribution in [0.15, 0.2) is 12.1 Å². The second-order valence-electron chi connectivity index (χ2n) is 4.30. The van der Waals surface area contributed by atoms with Crippen LogP contribution in [0.3, 0.4) is 0 Å². The molecule has 0 radical (unpaired) electrons. The monoisotopic (exact) mass is 216 g/mol. The topological polar surface area (TPSA) is 58.9 Å². The summed E-state index contributed by atoms with van der Waals surface area (Å²) in [7, 11) is 0. The molecule has 3 N–H and O–H groups in total. The molecule has 0 aliphatic carbocycles. The number of fused-ring (bicyclic) bond motifs is 1. The van der Waals surface area contributed by atoms with Crippen molar-refractivity contribution in [3.05, 3.63) is 34.5 Å². The number of aryl methyl sites for hydroxylation is 3. The Morgan fingerprint density at radius 1 is 1.31 bits per heavy atom. The molecule has 0 aliphatic heterocycles. The number of hydrogen-bond acceptors (Lipinski definition) is 1. The van der Waals surface area contributed by atoms with Crippen molar-refractivity contribution in [1.82, 2.24) is 4.98 Å². The number of rotatable bonds is 2. The lowest BCUT2D eigenvalue weighted by Crippen LogP contribution is -2.13. The minimum atomic E-state index is -0.290. The van der Waals surface area contributed by atoms with E-state index < -0.39 is 0 Å². The minimum absolute atomic E-state index is 0.290. The van der Waals surface area contributed by atoms with Crippen molar-refractivity contribution in [1.29, 1.82) is 0 Å². The van der Waals surface area contributed by atoms with Gasteiger partial charge in [-0.05, 0) is 37.5 Å². The van der Waals surface area contributed by atoms with E-state index in [2.05, 4.69) is 31.0 Å². The van der Waals surface area contributed by atoms with E-state index in [0.717, 1.165) is 22.2 Å². The van der Waals surface area contributed by atoms with Crippen molar-refractivity contribution >= 4 is 16.8 Å². The summed E-state index contributed by atoms with van der Waals surface area (Å²) in [5, 5.41) is 1.11. The Hall–Kier alpha value is -1.77. The number of benzene rings is 1. The first-order chi connectivity index (χ1) is 7.50. The first kappa shape index (κ1) is 10.7. The Morgan fingerprint density at radius 3 is 2.62 bits per heavy atom. The predicted molar refractivity (Wildman–Crippen MR) is 65.4 cm³/mol. The summed E-state index contributed by atoms with van der Waals surface area (Å²) >= 11 is 0. The number of aromatic amines is 1. The van der Waals surface area contributed by atoms with Gasteiger partial charge in [0.15, 0.2) is 0 Å². The Balaban J connectivity index is 2.71. The fourth-order valence-electron chi connectivity index (χ4n) is 2.10. The highest BCUT2D eigenvalue weighted by Gasteiger charge is 2.12. The number of primary amides is 1. The number of nitrogens with two attached hydrogens (primary N) is 1. The number of carbonyl (C=O) groups is 1. The van der Waals surface area contributed by atoms with Gasteiger partial charge in [0.05, 0.1) is 6.42 Å². The molecule has 1 heterocycles. The molecular weight excluding hydrogens is 200 g/mol. The van der Waals surface area contributed by atoms with Gasteiger partial charge in [-0.1, -0.05) is 12.1 Å². The van der Waals surface area contributed by atoms with Crippen LogP contribution in [-0.2, 0) is 11.2 Å². The van der Waals surface area contributed by atoms with E-state index in [1.54, 1.807) is 0 Å². The van der Waals surface area contributed by atoms with Crippen LogP contribution in [0.5, 0.6) is 0 Å². The molecule has 0 atom stereocenters. The molecule has 0 bridgehead atoms. The normalized spacial score (nSPS) is 10.9. The van der Waals surface area contributed by atoms with E-state index in [0.29, 0.717) is 6.42 Å². The van der Waals surface area contributed by atoms with E-state index in [4.69, 9.17) is 5.73 Å². The van der Waals surface area contributed by atoms with Gasteiger partial charge in [0.2, 0.25) is 5.91 Å². The summed E-state index contributed by atoms with van der Waals surface area (Å²) in [6, 6.07) is 4.13. The van der Waals surface area contributed by atoms with Crippen molar-refractivity contribution in [2.24, 2.45) is 5.73 Å². The van der Waals surface area contributed by atoms with E-state index in [1.807, 2.05) is 6.92 Å². The largest absolute Gasteiger partial charge is 0.369 e. The van der Waals surface area contributed by atoms with Gasteiger partial charge in [0.25, 0.3) is 0 Å². The van der Waals surface area contributed by atoms with Crippen LogP contribution in [0.25, 0.3) is 10.9 Å². The highest BCUT2D eigenvalue weighted by molar-refractivity contribution is 5.91. The molecule has 0 fully saturated rings. The average Bonchev–Trinajstić information content (AvgIpc) is 2.51. The van der Waals surface area contributed by atoms with Crippen LogP contribution in [0.1, 0.15) is 22.4 Å². The summed E-state index contributed by atoms with van der Waals surface area (Å²) < 4.78 is 0. The third kappa shape index (κ3) is 1.58. The summed E-state index contributed by atoms with van der Waals surface area (Å²) in [6.07, 6.45) is 0.300. The lowest BCUT2D eigenvalue weighted by Gasteiger charge is -2.02. The molecule has 3 nitrogen and oxygen atoms in total. The van der Waals surface area contributed by atoms with E-state index in [-0.39, 0.29) is 5.91 Å². The quantitative estimate of drug-likeness (QED) is 0.793. The molecule has 84 valence electrons. The lowest BCUT2D eigenvalue weighted by molar-refractivity contribution is -0.117. The predicted octanol–water partition coefficient (Wildman–Crippen LogP) is 2.12. The molecular formula is C13H16N2O. The van der Waals surface area contributed by atoms with Gasteiger partial charge < -0.3 is 10.7 Å². The molecule has 1 amide bonds.